The fourth-order valence-corrected chi connectivity index (χ4v) is 4.58. The van der Waals surface area contributed by atoms with Crippen LogP contribution in [0.1, 0.15) is 57.9 Å². The van der Waals surface area contributed by atoms with E-state index in [2.05, 4.69) is 34.3 Å². The van der Waals surface area contributed by atoms with Gasteiger partial charge in [-0.2, -0.15) is 4.98 Å². The highest BCUT2D eigenvalue weighted by molar-refractivity contribution is 5.97. The molecule has 1 aromatic heterocycles. The van der Waals surface area contributed by atoms with E-state index in [1.54, 1.807) is 12.1 Å². The molecule has 4 aromatic rings. The van der Waals surface area contributed by atoms with Gasteiger partial charge in [-0.15, -0.1) is 0 Å². The second-order valence-corrected chi connectivity index (χ2v) is 8.73. The number of hydrogen-bond acceptors (Lipinski definition) is 5. The van der Waals surface area contributed by atoms with Crippen molar-refractivity contribution in [1.29, 1.82) is 0 Å². The van der Waals surface area contributed by atoms with Gasteiger partial charge in [0.25, 0.3) is 0 Å². The Bertz CT molecular complexity index is 1180. The molecule has 1 aliphatic rings. The van der Waals surface area contributed by atoms with Gasteiger partial charge in [-0.05, 0) is 61.3 Å². The monoisotopic (exact) mass is 455 g/mol. The smallest absolute Gasteiger partial charge is 0.229 e. The molecule has 0 bridgehead atoms. The lowest BCUT2D eigenvalue weighted by atomic mass is 9.90. The maximum Gasteiger partial charge on any atom is 0.229 e. The SMILES string of the molecule is O=C(CN1CCC(c2nc(C(c3ccccc3)c3ccccc3)no2)CC1)c1ccc(F)cc1. The first-order chi connectivity index (χ1) is 16.7. The molecule has 0 aliphatic carbocycles. The third-order valence-electron chi connectivity index (χ3n) is 6.45. The summed E-state index contributed by atoms with van der Waals surface area (Å²) in [7, 11) is 0. The third kappa shape index (κ3) is 4.97. The molecule has 5 rings (SSSR count). The van der Waals surface area contributed by atoms with Crippen molar-refractivity contribution in [2.75, 3.05) is 19.6 Å². The van der Waals surface area contributed by atoms with Gasteiger partial charge in [0.2, 0.25) is 5.89 Å². The summed E-state index contributed by atoms with van der Waals surface area (Å²) in [5.41, 5.74) is 2.78. The number of ketones is 1. The van der Waals surface area contributed by atoms with Crippen LogP contribution in [0.4, 0.5) is 4.39 Å². The maximum absolute atomic E-state index is 13.1. The van der Waals surface area contributed by atoms with E-state index in [-0.39, 0.29) is 23.4 Å². The number of nitrogens with zero attached hydrogens (tertiary/aromatic N) is 3. The molecular formula is C28H26FN3O2. The first-order valence-electron chi connectivity index (χ1n) is 11.6. The standard InChI is InChI=1S/C28H26FN3O2/c29-24-13-11-20(12-14-24)25(33)19-32-17-15-23(16-18-32)28-30-27(31-34-28)26(21-7-3-1-4-8-21)22-9-5-2-6-10-22/h1-14,23,26H,15-19H2. The quantitative estimate of drug-likeness (QED) is 0.347. The fraction of sp³-hybridized carbons (Fsp3) is 0.250. The topological polar surface area (TPSA) is 59.2 Å². The lowest BCUT2D eigenvalue weighted by Crippen LogP contribution is -2.36. The molecular weight excluding hydrogens is 429 g/mol. The second-order valence-electron chi connectivity index (χ2n) is 8.73. The first-order valence-corrected chi connectivity index (χ1v) is 11.6. The van der Waals surface area contributed by atoms with Gasteiger partial charge in [0.1, 0.15) is 5.82 Å². The Morgan fingerprint density at radius 3 is 2.09 bits per heavy atom. The summed E-state index contributed by atoms with van der Waals surface area (Å²) < 4.78 is 18.9. The van der Waals surface area contributed by atoms with Crippen LogP contribution in [0.15, 0.2) is 89.5 Å². The van der Waals surface area contributed by atoms with Crippen LogP contribution in [-0.2, 0) is 0 Å². The molecule has 1 saturated heterocycles. The highest BCUT2D eigenvalue weighted by Gasteiger charge is 2.29. The average Bonchev–Trinajstić information content (AvgIpc) is 3.36. The minimum Gasteiger partial charge on any atom is -0.339 e. The number of benzene rings is 3. The Labute approximate surface area is 198 Å². The minimum absolute atomic E-state index is 0.00657. The Hall–Kier alpha value is -3.64. The highest BCUT2D eigenvalue weighted by atomic mass is 19.1. The van der Waals surface area contributed by atoms with Crippen LogP contribution in [0.25, 0.3) is 0 Å². The van der Waals surface area contributed by atoms with E-state index in [0.717, 1.165) is 37.1 Å². The van der Waals surface area contributed by atoms with Gasteiger partial charge < -0.3 is 4.52 Å². The zero-order valence-corrected chi connectivity index (χ0v) is 18.8. The summed E-state index contributed by atoms with van der Waals surface area (Å²) in [6.45, 7) is 1.88. The number of Topliss-reactive ketones (excluding diaryl/α,β-unsaturated/α-hetero) is 1. The van der Waals surface area contributed by atoms with Crippen molar-refractivity contribution in [2.45, 2.75) is 24.7 Å². The fourth-order valence-electron chi connectivity index (χ4n) is 4.58. The van der Waals surface area contributed by atoms with Crippen LogP contribution in [0.2, 0.25) is 0 Å². The second kappa shape index (κ2) is 10.1. The first kappa shape index (κ1) is 22.2. The number of rotatable bonds is 7. The van der Waals surface area contributed by atoms with Gasteiger partial charge in [-0.25, -0.2) is 4.39 Å². The van der Waals surface area contributed by atoms with E-state index in [4.69, 9.17) is 9.51 Å². The van der Waals surface area contributed by atoms with Crippen LogP contribution in [0.3, 0.4) is 0 Å². The Morgan fingerprint density at radius 1 is 0.912 bits per heavy atom. The van der Waals surface area contributed by atoms with Crippen molar-refractivity contribution in [1.82, 2.24) is 15.0 Å². The number of aromatic nitrogens is 2. The van der Waals surface area contributed by atoms with Gasteiger partial charge >= 0.3 is 0 Å². The molecule has 1 aliphatic heterocycles. The highest BCUT2D eigenvalue weighted by Crippen LogP contribution is 2.33. The van der Waals surface area contributed by atoms with Crippen LogP contribution in [-0.4, -0.2) is 40.5 Å². The lowest BCUT2D eigenvalue weighted by molar-refractivity contribution is 0.0904. The number of carbonyl (C=O) groups excluding carboxylic acids is 1. The van der Waals surface area contributed by atoms with Crippen molar-refractivity contribution >= 4 is 5.78 Å². The molecule has 0 amide bonds. The largest absolute Gasteiger partial charge is 0.339 e. The number of hydrogen-bond donors (Lipinski definition) is 0. The molecule has 0 radical (unpaired) electrons. The van der Waals surface area contributed by atoms with Crippen LogP contribution in [0.5, 0.6) is 0 Å². The van der Waals surface area contributed by atoms with Crippen molar-refractivity contribution in [3.8, 4) is 0 Å². The van der Waals surface area contributed by atoms with E-state index in [1.807, 2.05) is 36.4 Å². The summed E-state index contributed by atoms with van der Waals surface area (Å²) in [6, 6.07) is 26.2. The zero-order valence-electron chi connectivity index (χ0n) is 18.8. The molecule has 1 fully saturated rings. The zero-order chi connectivity index (χ0) is 23.3. The van der Waals surface area contributed by atoms with Gasteiger partial charge in [-0.1, -0.05) is 65.8 Å². The van der Waals surface area contributed by atoms with E-state index in [1.165, 1.54) is 12.1 Å². The van der Waals surface area contributed by atoms with Crippen molar-refractivity contribution in [2.24, 2.45) is 0 Å². The molecule has 6 heteroatoms. The molecule has 2 heterocycles. The number of carbonyl (C=O) groups is 1. The van der Waals surface area contributed by atoms with Crippen LogP contribution < -0.4 is 0 Å². The predicted molar refractivity (Wildman–Crippen MR) is 127 cm³/mol. The summed E-state index contributed by atoms with van der Waals surface area (Å²) in [5, 5.41) is 4.37. The molecule has 3 aromatic carbocycles. The normalized spacial score (nSPS) is 15.0. The van der Waals surface area contributed by atoms with Gasteiger partial charge in [0.05, 0.1) is 12.5 Å². The molecule has 34 heavy (non-hydrogen) atoms. The molecule has 172 valence electrons. The van der Waals surface area contributed by atoms with Crippen molar-refractivity contribution < 1.29 is 13.7 Å². The van der Waals surface area contributed by atoms with Crippen LogP contribution in [0, 0.1) is 5.82 Å². The molecule has 0 atom stereocenters. The van der Waals surface area contributed by atoms with Crippen LogP contribution >= 0.6 is 0 Å². The van der Waals surface area contributed by atoms with E-state index in [0.29, 0.717) is 23.8 Å². The van der Waals surface area contributed by atoms with E-state index < -0.39 is 0 Å². The summed E-state index contributed by atoms with van der Waals surface area (Å²) in [4.78, 5) is 19.5. The number of likely N-dealkylation sites (tertiary alicyclic amines) is 1. The third-order valence-corrected chi connectivity index (χ3v) is 6.45. The molecule has 5 nitrogen and oxygen atoms in total. The molecule has 0 spiro atoms. The Morgan fingerprint density at radius 2 is 1.50 bits per heavy atom. The summed E-state index contributed by atoms with van der Waals surface area (Å²) >= 11 is 0. The van der Waals surface area contributed by atoms with Gasteiger partial charge in [0, 0.05) is 11.5 Å². The molecule has 0 unspecified atom stereocenters. The molecule has 0 N–H and O–H groups in total. The van der Waals surface area contributed by atoms with Crippen molar-refractivity contribution in [3.05, 3.63) is 119 Å². The predicted octanol–water partition coefficient (Wildman–Crippen LogP) is 5.45. The van der Waals surface area contributed by atoms with Crippen molar-refractivity contribution in [3.63, 3.8) is 0 Å². The average molecular weight is 456 g/mol. The lowest BCUT2D eigenvalue weighted by Gasteiger charge is -2.29. The number of halogens is 1. The van der Waals surface area contributed by atoms with E-state index >= 15 is 0 Å². The minimum atomic E-state index is -0.335. The summed E-state index contributed by atoms with van der Waals surface area (Å²) in [5.74, 6) is 1.08. The Kier molecular flexibility index (Phi) is 6.58. The maximum atomic E-state index is 13.1. The summed E-state index contributed by atoms with van der Waals surface area (Å²) in [6.07, 6.45) is 1.69. The van der Waals surface area contributed by atoms with E-state index in [9.17, 15) is 9.18 Å². The molecule has 0 saturated carbocycles. The van der Waals surface area contributed by atoms with Gasteiger partial charge in [-0.3, -0.25) is 9.69 Å². The Balaban J connectivity index is 1.26. The number of piperidine rings is 1. The van der Waals surface area contributed by atoms with Gasteiger partial charge in [0.15, 0.2) is 11.6 Å².